The van der Waals surface area contributed by atoms with Crippen molar-refractivity contribution in [2.75, 3.05) is 32.7 Å². The summed E-state index contributed by atoms with van der Waals surface area (Å²) in [5.74, 6) is 0. The van der Waals surface area contributed by atoms with Gasteiger partial charge in [-0.15, -0.1) is 0 Å². The molecule has 3 nitrogen and oxygen atoms in total. The molecule has 0 aromatic heterocycles. The maximum atomic E-state index is 6.11. The van der Waals surface area contributed by atoms with Gasteiger partial charge in [-0.25, -0.2) is 0 Å². The van der Waals surface area contributed by atoms with E-state index in [1.807, 2.05) is 6.07 Å². The molecule has 4 heteroatoms. The smallest absolute Gasteiger partial charge is 0.0477 e. The Kier molecular flexibility index (Phi) is 5.85. The lowest BCUT2D eigenvalue weighted by molar-refractivity contribution is 0.199. The van der Waals surface area contributed by atoms with Crippen LogP contribution in [0.25, 0.3) is 0 Å². The van der Waals surface area contributed by atoms with Gasteiger partial charge in [-0.3, -0.25) is 4.90 Å². The largest absolute Gasteiger partial charge is 0.329 e. The Morgan fingerprint density at radius 2 is 2.10 bits per heavy atom. The van der Waals surface area contributed by atoms with Crippen molar-refractivity contribution in [2.45, 2.75) is 32.9 Å². The van der Waals surface area contributed by atoms with Crippen molar-refractivity contribution in [1.29, 1.82) is 0 Å². The molecule has 0 aliphatic carbocycles. The zero-order valence-corrected chi connectivity index (χ0v) is 13.4. The summed E-state index contributed by atoms with van der Waals surface area (Å²) in [6, 6.07) is 6.54. The molecule has 0 saturated carbocycles. The Morgan fingerprint density at radius 1 is 1.35 bits per heavy atom. The molecule has 20 heavy (non-hydrogen) atoms. The van der Waals surface area contributed by atoms with Crippen molar-refractivity contribution in [3.63, 3.8) is 0 Å². The molecule has 0 spiro atoms. The van der Waals surface area contributed by atoms with Crippen LogP contribution < -0.4 is 5.73 Å². The molecule has 0 radical (unpaired) electrons. The molecule has 2 N–H and O–H groups in total. The van der Waals surface area contributed by atoms with Gasteiger partial charge in [0.15, 0.2) is 0 Å². The molecule has 1 unspecified atom stereocenters. The minimum absolute atomic E-state index is 0.334. The van der Waals surface area contributed by atoms with Gasteiger partial charge in [-0.2, -0.15) is 0 Å². The van der Waals surface area contributed by atoms with E-state index < -0.39 is 0 Å². The van der Waals surface area contributed by atoms with E-state index in [1.54, 1.807) is 0 Å². The van der Waals surface area contributed by atoms with Crippen LogP contribution in [0.1, 0.15) is 37.4 Å². The van der Waals surface area contributed by atoms with Crippen LogP contribution in [0.3, 0.4) is 0 Å². The standard InChI is InChI=1S/C16H26ClN3/c1-3-19(4-2)8-5-9-20-12-13-6-7-14(17)10-15(13)16(20)11-18/h6-7,10,16H,3-5,8-9,11-12,18H2,1-2H3. The van der Waals surface area contributed by atoms with Gasteiger partial charge in [0.25, 0.3) is 0 Å². The molecule has 0 fully saturated rings. The summed E-state index contributed by atoms with van der Waals surface area (Å²) in [7, 11) is 0. The third-order valence-electron chi connectivity index (χ3n) is 4.32. The van der Waals surface area contributed by atoms with Crippen molar-refractivity contribution < 1.29 is 0 Å². The third-order valence-corrected chi connectivity index (χ3v) is 4.55. The summed E-state index contributed by atoms with van der Waals surface area (Å²) in [5.41, 5.74) is 8.68. The Balaban J connectivity index is 1.94. The Hall–Kier alpha value is -0.610. The highest BCUT2D eigenvalue weighted by molar-refractivity contribution is 6.30. The highest BCUT2D eigenvalue weighted by Gasteiger charge is 2.28. The monoisotopic (exact) mass is 295 g/mol. The average molecular weight is 296 g/mol. The lowest BCUT2D eigenvalue weighted by Crippen LogP contribution is -2.32. The van der Waals surface area contributed by atoms with E-state index in [9.17, 15) is 0 Å². The van der Waals surface area contributed by atoms with Gasteiger partial charge in [-0.05, 0) is 49.3 Å². The van der Waals surface area contributed by atoms with E-state index in [0.29, 0.717) is 12.6 Å². The third kappa shape index (κ3) is 3.53. The van der Waals surface area contributed by atoms with Crippen molar-refractivity contribution in [2.24, 2.45) is 5.73 Å². The van der Waals surface area contributed by atoms with Gasteiger partial charge in [0.05, 0.1) is 0 Å². The summed E-state index contributed by atoms with van der Waals surface area (Å²) < 4.78 is 0. The summed E-state index contributed by atoms with van der Waals surface area (Å²) in [4.78, 5) is 4.96. The van der Waals surface area contributed by atoms with Gasteiger partial charge in [0, 0.05) is 30.7 Å². The number of nitrogens with two attached hydrogens (primary N) is 1. The number of hydrogen-bond donors (Lipinski definition) is 1. The summed E-state index contributed by atoms with van der Waals surface area (Å²) in [5, 5.41) is 0.812. The van der Waals surface area contributed by atoms with E-state index in [0.717, 1.165) is 37.7 Å². The predicted molar refractivity (Wildman–Crippen MR) is 86.1 cm³/mol. The zero-order chi connectivity index (χ0) is 14.5. The SMILES string of the molecule is CCN(CC)CCCN1Cc2ccc(Cl)cc2C1CN. The summed E-state index contributed by atoms with van der Waals surface area (Å²) >= 11 is 6.11. The van der Waals surface area contributed by atoms with Crippen LogP contribution in [0.4, 0.5) is 0 Å². The summed E-state index contributed by atoms with van der Waals surface area (Å²) in [6.45, 7) is 10.6. The number of benzene rings is 1. The normalized spacial score (nSPS) is 18.8. The molecule has 0 bridgehead atoms. The molecule has 0 amide bonds. The fourth-order valence-electron chi connectivity index (χ4n) is 3.09. The van der Waals surface area contributed by atoms with Crippen molar-refractivity contribution >= 4 is 11.6 Å². The molecule has 1 atom stereocenters. The minimum atomic E-state index is 0.334. The van der Waals surface area contributed by atoms with E-state index >= 15 is 0 Å². The van der Waals surface area contributed by atoms with Crippen LogP contribution in [-0.4, -0.2) is 42.5 Å². The molecule has 1 aromatic carbocycles. The van der Waals surface area contributed by atoms with Gasteiger partial charge >= 0.3 is 0 Å². The highest BCUT2D eigenvalue weighted by Crippen LogP contribution is 2.34. The topological polar surface area (TPSA) is 32.5 Å². The molecule has 0 saturated heterocycles. The van der Waals surface area contributed by atoms with E-state index in [-0.39, 0.29) is 0 Å². The van der Waals surface area contributed by atoms with Gasteiger partial charge in [0.1, 0.15) is 0 Å². The van der Waals surface area contributed by atoms with E-state index in [1.165, 1.54) is 17.5 Å². The van der Waals surface area contributed by atoms with Crippen LogP contribution in [-0.2, 0) is 6.54 Å². The molecular weight excluding hydrogens is 270 g/mol. The zero-order valence-electron chi connectivity index (χ0n) is 12.6. The Bertz CT molecular complexity index is 432. The molecule has 2 rings (SSSR count). The maximum absolute atomic E-state index is 6.11. The lowest BCUT2D eigenvalue weighted by atomic mass is 10.1. The second-order valence-corrected chi connectivity index (χ2v) is 5.88. The van der Waals surface area contributed by atoms with Gasteiger partial charge < -0.3 is 10.6 Å². The van der Waals surface area contributed by atoms with Crippen LogP contribution in [0.5, 0.6) is 0 Å². The molecule has 1 aliphatic heterocycles. The number of fused-ring (bicyclic) bond motifs is 1. The van der Waals surface area contributed by atoms with Crippen molar-refractivity contribution in [1.82, 2.24) is 9.80 Å². The lowest BCUT2D eigenvalue weighted by Gasteiger charge is -2.25. The fourth-order valence-corrected chi connectivity index (χ4v) is 3.27. The first-order valence-electron chi connectivity index (χ1n) is 7.64. The summed E-state index contributed by atoms with van der Waals surface area (Å²) in [6.07, 6.45) is 1.19. The van der Waals surface area contributed by atoms with Gasteiger partial charge in [-0.1, -0.05) is 31.5 Å². The first kappa shape index (κ1) is 15.8. The minimum Gasteiger partial charge on any atom is -0.329 e. The first-order chi connectivity index (χ1) is 9.69. The predicted octanol–water partition coefficient (Wildman–Crippen LogP) is 2.89. The number of nitrogens with zero attached hydrogens (tertiary/aromatic N) is 2. The molecule has 1 aliphatic rings. The van der Waals surface area contributed by atoms with Crippen LogP contribution >= 0.6 is 11.6 Å². The Labute approximate surface area is 127 Å². The number of rotatable bonds is 7. The fraction of sp³-hybridized carbons (Fsp3) is 0.625. The van der Waals surface area contributed by atoms with Crippen molar-refractivity contribution in [3.05, 3.63) is 34.3 Å². The molecular formula is C16H26ClN3. The molecule has 112 valence electrons. The second kappa shape index (κ2) is 7.41. The average Bonchev–Trinajstić information content (AvgIpc) is 2.80. The van der Waals surface area contributed by atoms with E-state index in [4.69, 9.17) is 17.3 Å². The highest BCUT2D eigenvalue weighted by atomic mass is 35.5. The number of halogens is 1. The first-order valence-corrected chi connectivity index (χ1v) is 8.02. The Morgan fingerprint density at radius 3 is 2.75 bits per heavy atom. The van der Waals surface area contributed by atoms with Gasteiger partial charge in [0.2, 0.25) is 0 Å². The number of hydrogen-bond acceptors (Lipinski definition) is 3. The maximum Gasteiger partial charge on any atom is 0.0477 e. The van der Waals surface area contributed by atoms with Crippen LogP contribution in [0, 0.1) is 0 Å². The second-order valence-electron chi connectivity index (χ2n) is 5.45. The van der Waals surface area contributed by atoms with Crippen molar-refractivity contribution in [3.8, 4) is 0 Å². The quantitative estimate of drug-likeness (QED) is 0.839. The molecule has 1 heterocycles. The van der Waals surface area contributed by atoms with Crippen LogP contribution in [0.15, 0.2) is 18.2 Å². The van der Waals surface area contributed by atoms with Crippen LogP contribution in [0.2, 0.25) is 5.02 Å². The molecule has 1 aromatic rings. The van der Waals surface area contributed by atoms with E-state index in [2.05, 4.69) is 35.8 Å².